The van der Waals surface area contributed by atoms with E-state index in [1.807, 2.05) is 39.5 Å². The van der Waals surface area contributed by atoms with Gasteiger partial charge in [0.1, 0.15) is 6.07 Å². The molecule has 0 spiro atoms. The van der Waals surface area contributed by atoms with E-state index in [0.29, 0.717) is 40.2 Å². The molecule has 1 saturated carbocycles. The normalized spacial score (nSPS) is 13.5. The lowest BCUT2D eigenvalue weighted by Crippen LogP contribution is -2.02. The minimum atomic E-state index is -0.252. The fourth-order valence-electron chi connectivity index (χ4n) is 4.12. The molecule has 168 valence electrons. The predicted octanol–water partition coefficient (Wildman–Crippen LogP) is 4.17. The second kappa shape index (κ2) is 8.08. The summed E-state index contributed by atoms with van der Waals surface area (Å²) < 4.78 is 9.36. The summed E-state index contributed by atoms with van der Waals surface area (Å²) in [5.74, 6) is 0.544. The maximum absolute atomic E-state index is 12.6. The molecule has 0 saturated heterocycles. The van der Waals surface area contributed by atoms with Gasteiger partial charge < -0.3 is 13.2 Å². The van der Waals surface area contributed by atoms with Crippen LogP contribution >= 0.6 is 11.6 Å². The number of ketones is 1. The number of pyridine rings is 2. The summed E-state index contributed by atoms with van der Waals surface area (Å²) in [7, 11) is 0. The van der Waals surface area contributed by atoms with Crippen molar-refractivity contribution >= 4 is 28.5 Å². The number of nitrogens with zero attached hydrogens (tertiary/aromatic N) is 7. The topological polar surface area (TPSA) is 114 Å². The average Bonchev–Trinajstić information content (AvgIpc) is 3.25. The molecule has 0 bridgehead atoms. The highest BCUT2D eigenvalue weighted by molar-refractivity contribution is 6.30. The summed E-state index contributed by atoms with van der Waals surface area (Å²) in [5.41, 5.74) is 4.63. The number of nitriles is 1. The standard InChI is InChI=1S/C24H18ClN7O2/c25-17-5-6-31-13-27-19(20(31)8-17)3-4-21(33)24-30-29-22(34-24)9-18-12-32-11-16(14-1-2-14)7-15(10-26)23(32)28-18/h5-8,11-14H,1-4,9H2. The summed E-state index contributed by atoms with van der Waals surface area (Å²) in [6, 6.07) is 7.75. The van der Waals surface area contributed by atoms with E-state index in [2.05, 4.69) is 26.2 Å². The van der Waals surface area contributed by atoms with Crippen molar-refractivity contribution in [2.75, 3.05) is 0 Å². The van der Waals surface area contributed by atoms with Crippen LogP contribution in [0.2, 0.25) is 5.02 Å². The van der Waals surface area contributed by atoms with E-state index in [-0.39, 0.29) is 24.5 Å². The minimum Gasteiger partial charge on any atom is -0.418 e. The third-order valence-electron chi connectivity index (χ3n) is 6.00. The second-order valence-electron chi connectivity index (χ2n) is 8.47. The number of aryl methyl sites for hydroxylation is 1. The van der Waals surface area contributed by atoms with E-state index >= 15 is 0 Å². The summed E-state index contributed by atoms with van der Waals surface area (Å²) in [4.78, 5) is 21.6. The second-order valence-corrected chi connectivity index (χ2v) is 8.90. The lowest BCUT2D eigenvalue weighted by atomic mass is 10.1. The first-order chi connectivity index (χ1) is 16.6. The van der Waals surface area contributed by atoms with Crippen molar-refractivity contribution in [1.29, 1.82) is 5.26 Å². The molecule has 0 aromatic carbocycles. The van der Waals surface area contributed by atoms with Gasteiger partial charge in [-0.3, -0.25) is 4.79 Å². The van der Waals surface area contributed by atoms with Gasteiger partial charge in [0, 0.05) is 30.0 Å². The van der Waals surface area contributed by atoms with Gasteiger partial charge in [-0.25, -0.2) is 9.97 Å². The highest BCUT2D eigenvalue weighted by Gasteiger charge is 2.25. The molecular formula is C24H18ClN7O2. The fourth-order valence-corrected chi connectivity index (χ4v) is 4.28. The fraction of sp³-hybridized carbons (Fsp3) is 0.250. The number of carbonyl (C=O) groups excluding carboxylic acids is 1. The number of hydrogen-bond donors (Lipinski definition) is 0. The van der Waals surface area contributed by atoms with Crippen LogP contribution in [0.4, 0.5) is 0 Å². The van der Waals surface area contributed by atoms with Crippen molar-refractivity contribution in [3.63, 3.8) is 0 Å². The van der Waals surface area contributed by atoms with E-state index in [1.54, 1.807) is 12.4 Å². The monoisotopic (exact) mass is 471 g/mol. The van der Waals surface area contributed by atoms with Crippen molar-refractivity contribution in [3.8, 4) is 6.07 Å². The summed E-state index contributed by atoms with van der Waals surface area (Å²) >= 11 is 6.08. The lowest BCUT2D eigenvalue weighted by molar-refractivity contribution is 0.0947. The van der Waals surface area contributed by atoms with E-state index in [0.717, 1.165) is 29.6 Å². The van der Waals surface area contributed by atoms with E-state index < -0.39 is 0 Å². The van der Waals surface area contributed by atoms with Gasteiger partial charge in [-0.05, 0) is 48.9 Å². The lowest BCUT2D eigenvalue weighted by Gasteiger charge is -2.01. The maximum atomic E-state index is 12.6. The molecule has 5 aromatic rings. The highest BCUT2D eigenvalue weighted by Crippen LogP contribution is 2.40. The van der Waals surface area contributed by atoms with Crippen molar-refractivity contribution in [3.05, 3.63) is 82.4 Å². The van der Waals surface area contributed by atoms with Crippen molar-refractivity contribution < 1.29 is 9.21 Å². The van der Waals surface area contributed by atoms with Crippen molar-refractivity contribution in [2.24, 2.45) is 0 Å². The first-order valence-electron chi connectivity index (χ1n) is 11.0. The van der Waals surface area contributed by atoms with Crippen LogP contribution in [0.5, 0.6) is 0 Å². The summed E-state index contributed by atoms with van der Waals surface area (Å²) in [5, 5.41) is 18.1. The molecule has 0 N–H and O–H groups in total. The zero-order chi connectivity index (χ0) is 23.2. The Morgan fingerprint density at radius 2 is 2.12 bits per heavy atom. The third kappa shape index (κ3) is 3.82. The minimum absolute atomic E-state index is 0.0333. The van der Waals surface area contributed by atoms with E-state index in [4.69, 9.17) is 16.0 Å². The molecule has 0 radical (unpaired) electrons. The molecule has 0 aliphatic heterocycles. The van der Waals surface area contributed by atoms with Crippen LogP contribution in [-0.2, 0) is 12.8 Å². The van der Waals surface area contributed by atoms with Crippen molar-refractivity contribution in [2.45, 2.75) is 38.0 Å². The summed E-state index contributed by atoms with van der Waals surface area (Å²) in [6.45, 7) is 0. The molecule has 5 aromatic heterocycles. The highest BCUT2D eigenvalue weighted by atomic mass is 35.5. The number of halogens is 1. The maximum Gasteiger partial charge on any atom is 0.284 e. The molecule has 1 aliphatic rings. The molecule has 0 unspecified atom stereocenters. The number of aromatic nitrogens is 6. The zero-order valence-electron chi connectivity index (χ0n) is 18.0. The largest absolute Gasteiger partial charge is 0.418 e. The molecule has 9 nitrogen and oxygen atoms in total. The Morgan fingerprint density at radius 3 is 2.94 bits per heavy atom. The summed E-state index contributed by atoms with van der Waals surface area (Å²) in [6.07, 6.45) is 10.6. The molecule has 10 heteroatoms. The Balaban J connectivity index is 1.16. The van der Waals surface area contributed by atoms with Crippen LogP contribution in [0.1, 0.15) is 64.3 Å². The van der Waals surface area contributed by atoms with Crippen LogP contribution in [-0.4, -0.2) is 34.7 Å². The zero-order valence-corrected chi connectivity index (χ0v) is 18.7. The van der Waals surface area contributed by atoms with Crippen LogP contribution in [0, 0.1) is 11.3 Å². The smallest absolute Gasteiger partial charge is 0.284 e. The third-order valence-corrected chi connectivity index (χ3v) is 6.23. The molecule has 34 heavy (non-hydrogen) atoms. The Labute approximate surface area is 198 Å². The van der Waals surface area contributed by atoms with Gasteiger partial charge in [-0.2, -0.15) is 5.26 Å². The van der Waals surface area contributed by atoms with Gasteiger partial charge in [0.25, 0.3) is 5.89 Å². The van der Waals surface area contributed by atoms with Gasteiger partial charge in [0.2, 0.25) is 11.7 Å². The molecule has 1 aliphatic carbocycles. The average molecular weight is 472 g/mol. The van der Waals surface area contributed by atoms with Crippen LogP contribution in [0.25, 0.3) is 11.2 Å². The van der Waals surface area contributed by atoms with Crippen LogP contribution in [0.15, 0.2) is 47.5 Å². The van der Waals surface area contributed by atoms with Crippen LogP contribution < -0.4 is 0 Å². The Bertz CT molecular complexity index is 1600. The van der Waals surface area contributed by atoms with Gasteiger partial charge in [0.05, 0.1) is 35.2 Å². The Kier molecular flexibility index (Phi) is 4.89. The van der Waals surface area contributed by atoms with E-state index in [9.17, 15) is 10.1 Å². The first kappa shape index (κ1) is 20.6. The number of hydrogen-bond acceptors (Lipinski definition) is 7. The van der Waals surface area contributed by atoms with Gasteiger partial charge in [-0.1, -0.05) is 11.6 Å². The first-order valence-corrected chi connectivity index (χ1v) is 11.3. The van der Waals surface area contributed by atoms with E-state index in [1.165, 1.54) is 0 Å². The SMILES string of the molecule is N#Cc1cc(C2CC2)cn2cc(Cc3nnc(C(=O)CCc4ncn5ccc(Cl)cc45)o3)nc12. The number of fused-ring (bicyclic) bond motifs is 2. The molecular weight excluding hydrogens is 454 g/mol. The number of carbonyl (C=O) groups is 1. The molecule has 6 rings (SSSR count). The van der Waals surface area contributed by atoms with Gasteiger partial charge in [-0.15, -0.1) is 10.2 Å². The Morgan fingerprint density at radius 1 is 1.24 bits per heavy atom. The Hall–Kier alpha value is -4.03. The van der Waals surface area contributed by atoms with Gasteiger partial charge >= 0.3 is 0 Å². The molecule has 0 amide bonds. The number of Topliss-reactive ketones (excluding diaryl/α,β-unsaturated/α-hetero) is 1. The molecule has 5 heterocycles. The predicted molar refractivity (Wildman–Crippen MR) is 122 cm³/mol. The van der Waals surface area contributed by atoms with Gasteiger partial charge in [0.15, 0.2) is 5.65 Å². The number of rotatable bonds is 7. The van der Waals surface area contributed by atoms with Crippen LogP contribution in [0.3, 0.4) is 0 Å². The quantitative estimate of drug-likeness (QED) is 0.327. The molecule has 1 fully saturated rings. The molecule has 0 atom stereocenters. The number of imidazole rings is 2. The van der Waals surface area contributed by atoms with Crippen molar-refractivity contribution in [1.82, 2.24) is 29.0 Å².